The van der Waals surface area contributed by atoms with Crippen molar-refractivity contribution in [3.05, 3.63) is 0 Å². The normalized spacial score (nSPS) is 13.0. The molecule has 150 valence electrons. The van der Waals surface area contributed by atoms with Gasteiger partial charge in [-0.25, -0.2) is 5.90 Å². The molecule has 2 N–H and O–H groups in total. The van der Waals surface area contributed by atoms with Gasteiger partial charge in [0, 0.05) is 6.42 Å². The van der Waals surface area contributed by atoms with Gasteiger partial charge < -0.3 is 19.0 Å². The van der Waals surface area contributed by atoms with E-state index in [0.29, 0.717) is 32.8 Å². The summed E-state index contributed by atoms with van der Waals surface area (Å²) in [4.78, 5) is 16.3. The Balaban J connectivity index is 3.31. The van der Waals surface area contributed by atoms with Crippen LogP contribution in [0.4, 0.5) is 0 Å². The third-order valence-corrected chi connectivity index (χ3v) is 4.29. The fourth-order valence-electron chi connectivity index (χ4n) is 2.17. The minimum Gasteiger partial charge on any atom is -0.463 e. The summed E-state index contributed by atoms with van der Waals surface area (Å²) in [5.41, 5.74) is -0.105. The molecule has 1 atom stereocenters. The van der Waals surface area contributed by atoms with E-state index in [4.69, 9.17) is 24.9 Å². The minimum atomic E-state index is -0.142. The van der Waals surface area contributed by atoms with E-state index in [2.05, 4.69) is 20.8 Å². The van der Waals surface area contributed by atoms with Crippen LogP contribution < -0.4 is 5.90 Å². The van der Waals surface area contributed by atoms with E-state index in [1.165, 1.54) is 0 Å². The summed E-state index contributed by atoms with van der Waals surface area (Å²) >= 11 is 0. The molecule has 0 aromatic rings. The zero-order chi connectivity index (χ0) is 19.0. The van der Waals surface area contributed by atoms with E-state index in [9.17, 15) is 4.79 Å². The van der Waals surface area contributed by atoms with Crippen molar-refractivity contribution in [1.82, 2.24) is 0 Å². The van der Waals surface area contributed by atoms with Gasteiger partial charge in [-0.2, -0.15) is 0 Å². The summed E-state index contributed by atoms with van der Waals surface area (Å²) in [5, 5.41) is 0. The average Bonchev–Trinajstić information content (AvgIpc) is 2.59. The van der Waals surface area contributed by atoms with Gasteiger partial charge >= 0.3 is 5.97 Å². The SMILES string of the molecule is CCC(C)(C)OCCOCCOC(=O)CCCCCCCC(C)ON. The Morgan fingerprint density at radius 2 is 1.64 bits per heavy atom. The van der Waals surface area contributed by atoms with Crippen molar-refractivity contribution in [3.63, 3.8) is 0 Å². The highest BCUT2D eigenvalue weighted by molar-refractivity contribution is 5.69. The number of unbranched alkanes of at least 4 members (excludes halogenated alkanes) is 4. The van der Waals surface area contributed by atoms with Crippen LogP contribution in [0.25, 0.3) is 0 Å². The van der Waals surface area contributed by atoms with Gasteiger partial charge in [-0.3, -0.25) is 4.79 Å². The van der Waals surface area contributed by atoms with Crippen LogP contribution in [0.15, 0.2) is 0 Å². The number of carbonyl (C=O) groups is 1. The monoisotopic (exact) mass is 361 g/mol. The molecule has 0 rings (SSSR count). The van der Waals surface area contributed by atoms with Gasteiger partial charge in [0.05, 0.1) is 31.5 Å². The molecular formula is C19H39NO5. The molecule has 0 aromatic heterocycles. The molecule has 0 aromatic carbocycles. The molecule has 1 unspecified atom stereocenters. The summed E-state index contributed by atoms with van der Waals surface area (Å²) in [6, 6.07) is 0. The van der Waals surface area contributed by atoms with Crippen LogP contribution in [0.5, 0.6) is 0 Å². The van der Waals surface area contributed by atoms with Crippen LogP contribution in [0.3, 0.4) is 0 Å². The zero-order valence-electron chi connectivity index (χ0n) is 16.7. The Kier molecular flexibility index (Phi) is 15.1. The summed E-state index contributed by atoms with van der Waals surface area (Å²) < 4.78 is 16.2. The molecule has 0 spiro atoms. The second-order valence-electron chi connectivity index (χ2n) is 7.05. The van der Waals surface area contributed by atoms with Gasteiger partial charge in [0.1, 0.15) is 6.61 Å². The first kappa shape index (κ1) is 24.3. The van der Waals surface area contributed by atoms with Crippen LogP contribution in [0, 0.1) is 0 Å². The highest BCUT2D eigenvalue weighted by atomic mass is 16.6. The lowest BCUT2D eigenvalue weighted by molar-refractivity contribution is -0.145. The first-order valence-corrected chi connectivity index (χ1v) is 9.64. The number of esters is 1. The third-order valence-electron chi connectivity index (χ3n) is 4.29. The number of nitrogens with two attached hydrogens (primary N) is 1. The van der Waals surface area contributed by atoms with E-state index >= 15 is 0 Å². The number of rotatable bonds is 17. The van der Waals surface area contributed by atoms with Gasteiger partial charge in [-0.15, -0.1) is 0 Å². The molecule has 0 saturated heterocycles. The second kappa shape index (κ2) is 15.6. The average molecular weight is 362 g/mol. The first-order valence-electron chi connectivity index (χ1n) is 9.64. The lowest BCUT2D eigenvalue weighted by Gasteiger charge is -2.23. The Hall–Kier alpha value is -0.690. The van der Waals surface area contributed by atoms with Crippen LogP contribution in [-0.2, 0) is 23.8 Å². The highest BCUT2D eigenvalue weighted by Crippen LogP contribution is 2.12. The predicted molar refractivity (Wildman–Crippen MR) is 99.2 cm³/mol. The lowest BCUT2D eigenvalue weighted by atomic mass is 10.1. The molecule has 6 heteroatoms. The number of hydrogen-bond donors (Lipinski definition) is 1. The van der Waals surface area contributed by atoms with Gasteiger partial charge in [0.15, 0.2) is 0 Å². The third kappa shape index (κ3) is 16.5. The van der Waals surface area contributed by atoms with Crippen LogP contribution in [0.2, 0.25) is 0 Å². The molecule has 25 heavy (non-hydrogen) atoms. The minimum absolute atomic E-state index is 0.105. The quantitative estimate of drug-likeness (QED) is 0.241. The van der Waals surface area contributed by atoms with Crippen LogP contribution in [0.1, 0.15) is 79.1 Å². The molecule has 0 fully saturated rings. The van der Waals surface area contributed by atoms with Crippen molar-refractivity contribution >= 4 is 5.97 Å². The molecule has 0 aliphatic carbocycles. The standard InChI is InChI=1S/C19H39NO5/c1-5-19(3,4)24-16-14-22-13-15-23-18(21)12-10-8-6-7-9-11-17(2)25-20/h17H,5-16,20H2,1-4H3. The van der Waals surface area contributed by atoms with E-state index in [-0.39, 0.29) is 17.7 Å². The maximum Gasteiger partial charge on any atom is 0.305 e. The van der Waals surface area contributed by atoms with Gasteiger partial charge in [0.2, 0.25) is 0 Å². The van der Waals surface area contributed by atoms with Gasteiger partial charge in [0.25, 0.3) is 0 Å². The predicted octanol–water partition coefficient (Wildman–Crippen LogP) is 3.76. The van der Waals surface area contributed by atoms with Gasteiger partial charge in [-0.05, 0) is 40.0 Å². The van der Waals surface area contributed by atoms with Crippen molar-refractivity contribution in [2.45, 2.75) is 90.8 Å². The fraction of sp³-hybridized carbons (Fsp3) is 0.947. The second-order valence-corrected chi connectivity index (χ2v) is 7.05. The molecular weight excluding hydrogens is 322 g/mol. The van der Waals surface area contributed by atoms with Crippen LogP contribution >= 0.6 is 0 Å². The Morgan fingerprint density at radius 1 is 1.00 bits per heavy atom. The van der Waals surface area contributed by atoms with Crippen molar-refractivity contribution in [2.24, 2.45) is 5.90 Å². The Labute approximate surface area is 153 Å². The Morgan fingerprint density at radius 3 is 2.32 bits per heavy atom. The molecule has 0 heterocycles. The smallest absolute Gasteiger partial charge is 0.305 e. The zero-order valence-corrected chi connectivity index (χ0v) is 16.7. The summed E-state index contributed by atoms with van der Waals surface area (Å²) in [6.45, 7) is 10.00. The lowest BCUT2D eigenvalue weighted by Crippen LogP contribution is -2.25. The number of ether oxygens (including phenoxy) is 3. The van der Waals surface area contributed by atoms with Crippen molar-refractivity contribution < 1.29 is 23.8 Å². The molecule has 0 aliphatic rings. The molecule has 6 nitrogen and oxygen atoms in total. The first-order chi connectivity index (χ1) is 11.9. The fourth-order valence-corrected chi connectivity index (χ4v) is 2.17. The van der Waals surface area contributed by atoms with E-state index < -0.39 is 0 Å². The van der Waals surface area contributed by atoms with E-state index in [0.717, 1.165) is 44.9 Å². The summed E-state index contributed by atoms with van der Waals surface area (Å²) in [5.74, 6) is 4.96. The van der Waals surface area contributed by atoms with Crippen molar-refractivity contribution in [3.8, 4) is 0 Å². The highest BCUT2D eigenvalue weighted by Gasteiger charge is 2.14. The van der Waals surface area contributed by atoms with E-state index in [1.807, 2.05) is 6.92 Å². The van der Waals surface area contributed by atoms with Crippen LogP contribution in [-0.4, -0.2) is 44.1 Å². The largest absolute Gasteiger partial charge is 0.463 e. The van der Waals surface area contributed by atoms with Crippen molar-refractivity contribution in [2.75, 3.05) is 26.4 Å². The topological polar surface area (TPSA) is 80.0 Å². The molecule has 0 amide bonds. The maximum absolute atomic E-state index is 11.6. The molecule has 0 radical (unpaired) electrons. The van der Waals surface area contributed by atoms with Gasteiger partial charge in [-0.1, -0.05) is 32.6 Å². The number of carbonyl (C=O) groups excluding carboxylic acids is 1. The molecule has 0 aliphatic heterocycles. The van der Waals surface area contributed by atoms with Crippen molar-refractivity contribution in [1.29, 1.82) is 0 Å². The number of hydrogen-bond acceptors (Lipinski definition) is 6. The summed E-state index contributed by atoms with van der Waals surface area (Å²) in [7, 11) is 0. The Bertz CT molecular complexity index is 323. The summed E-state index contributed by atoms with van der Waals surface area (Å²) in [6.07, 6.45) is 7.87. The van der Waals surface area contributed by atoms with E-state index in [1.54, 1.807) is 0 Å². The molecule has 0 saturated carbocycles. The maximum atomic E-state index is 11.6. The molecule has 0 bridgehead atoms.